The Kier molecular flexibility index (Phi) is 4.56. The summed E-state index contributed by atoms with van der Waals surface area (Å²) >= 11 is 0. The third-order valence-corrected chi connectivity index (χ3v) is 4.75. The van der Waals surface area contributed by atoms with Crippen LogP contribution < -0.4 is 0 Å². The van der Waals surface area contributed by atoms with Gasteiger partial charge in [-0.15, -0.1) is 0 Å². The van der Waals surface area contributed by atoms with Crippen LogP contribution in [0.2, 0.25) is 0 Å². The lowest BCUT2D eigenvalue weighted by Gasteiger charge is -2.11. The van der Waals surface area contributed by atoms with Gasteiger partial charge in [-0.05, 0) is 42.8 Å². The van der Waals surface area contributed by atoms with E-state index in [1.807, 2.05) is 10.8 Å². The van der Waals surface area contributed by atoms with Crippen LogP contribution in [0.3, 0.4) is 0 Å². The number of alkyl halides is 3. The van der Waals surface area contributed by atoms with Crippen molar-refractivity contribution in [1.82, 2.24) is 14.3 Å². The van der Waals surface area contributed by atoms with Crippen LogP contribution in [0.4, 0.5) is 13.2 Å². The number of esters is 1. The molecule has 2 heterocycles. The fraction of sp³-hybridized carbons (Fsp3) is 0.238. The van der Waals surface area contributed by atoms with E-state index in [0.29, 0.717) is 16.8 Å². The molecule has 0 aliphatic carbocycles. The van der Waals surface area contributed by atoms with Crippen molar-refractivity contribution in [2.75, 3.05) is 6.61 Å². The van der Waals surface area contributed by atoms with Gasteiger partial charge in [0.1, 0.15) is 0 Å². The molecule has 0 atom stereocenters. The number of ether oxygens (including phenoxy) is 1. The van der Waals surface area contributed by atoms with Gasteiger partial charge in [-0.2, -0.15) is 18.3 Å². The monoisotopic (exact) mass is 401 g/mol. The second-order valence-corrected chi connectivity index (χ2v) is 6.78. The van der Waals surface area contributed by atoms with Crippen molar-refractivity contribution in [2.24, 2.45) is 7.05 Å². The number of carbonyl (C=O) groups excluding carboxylic acids is 1. The van der Waals surface area contributed by atoms with Gasteiger partial charge in [-0.3, -0.25) is 4.68 Å². The lowest BCUT2D eigenvalue weighted by Crippen LogP contribution is -2.07. The average molecular weight is 401 g/mol. The standard InChI is InChI=1S/C21H18F3N3O2/c1-3-29-20(28)14-7-8-18-16(10-14)17-12-26(2)25-19(17)27(18)11-13-5-4-6-15(9-13)21(22,23)24/h4-10,12H,3,11H2,1-2H3. The lowest BCUT2D eigenvalue weighted by molar-refractivity contribution is -0.137. The van der Waals surface area contributed by atoms with Gasteiger partial charge in [0, 0.05) is 30.6 Å². The molecule has 2 aromatic carbocycles. The Labute approximate surface area is 164 Å². The summed E-state index contributed by atoms with van der Waals surface area (Å²) in [5, 5.41) is 6.09. The van der Waals surface area contributed by atoms with Crippen LogP contribution in [0.5, 0.6) is 0 Å². The van der Waals surface area contributed by atoms with Crippen molar-refractivity contribution in [1.29, 1.82) is 0 Å². The molecule has 0 spiro atoms. The number of nitrogens with zero attached hydrogens (tertiary/aromatic N) is 3. The molecule has 0 bridgehead atoms. The number of aromatic nitrogens is 3. The molecule has 0 aliphatic rings. The van der Waals surface area contributed by atoms with Crippen LogP contribution in [0.1, 0.15) is 28.4 Å². The summed E-state index contributed by atoms with van der Waals surface area (Å²) in [7, 11) is 1.77. The van der Waals surface area contributed by atoms with Gasteiger partial charge < -0.3 is 9.30 Å². The highest BCUT2D eigenvalue weighted by Gasteiger charge is 2.30. The molecule has 0 N–H and O–H groups in total. The number of rotatable bonds is 4. The summed E-state index contributed by atoms with van der Waals surface area (Å²) < 4.78 is 47.8. The van der Waals surface area contributed by atoms with E-state index < -0.39 is 17.7 Å². The Balaban J connectivity index is 1.84. The molecule has 0 aliphatic heterocycles. The highest BCUT2D eigenvalue weighted by molar-refractivity contribution is 6.09. The highest BCUT2D eigenvalue weighted by Crippen LogP contribution is 2.32. The molecule has 0 unspecified atom stereocenters. The molecule has 4 aromatic rings. The van der Waals surface area contributed by atoms with Gasteiger partial charge in [0.2, 0.25) is 0 Å². The largest absolute Gasteiger partial charge is 0.462 e. The predicted molar refractivity (Wildman–Crippen MR) is 103 cm³/mol. The van der Waals surface area contributed by atoms with Crippen LogP contribution in [0, 0.1) is 0 Å². The molecule has 0 saturated carbocycles. The molecule has 4 rings (SSSR count). The van der Waals surface area contributed by atoms with Crippen LogP contribution in [-0.4, -0.2) is 26.9 Å². The fourth-order valence-corrected chi connectivity index (χ4v) is 3.50. The van der Waals surface area contributed by atoms with Crippen molar-refractivity contribution < 1.29 is 22.7 Å². The molecule has 0 amide bonds. The van der Waals surface area contributed by atoms with Crippen molar-refractivity contribution in [3.8, 4) is 0 Å². The van der Waals surface area contributed by atoms with Crippen LogP contribution >= 0.6 is 0 Å². The summed E-state index contributed by atoms with van der Waals surface area (Å²) in [5.41, 5.74) is 1.67. The van der Waals surface area contributed by atoms with E-state index >= 15 is 0 Å². The van der Waals surface area contributed by atoms with E-state index in [-0.39, 0.29) is 13.2 Å². The first-order valence-electron chi connectivity index (χ1n) is 9.07. The third-order valence-electron chi connectivity index (χ3n) is 4.75. The minimum Gasteiger partial charge on any atom is -0.462 e. The Morgan fingerprint density at radius 2 is 1.93 bits per heavy atom. The van der Waals surface area contributed by atoms with Crippen LogP contribution in [0.25, 0.3) is 21.9 Å². The molecular formula is C21H18F3N3O2. The zero-order valence-electron chi connectivity index (χ0n) is 15.8. The van der Waals surface area contributed by atoms with E-state index in [4.69, 9.17) is 4.74 Å². The summed E-state index contributed by atoms with van der Waals surface area (Å²) in [6.07, 6.45) is -2.57. The van der Waals surface area contributed by atoms with Gasteiger partial charge in [0.25, 0.3) is 0 Å². The Bertz CT molecular complexity index is 1220. The molecular weight excluding hydrogens is 383 g/mol. The van der Waals surface area contributed by atoms with E-state index in [1.165, 1.54) is 6.07 Å². The molecule has 0 saturated heterocycles. The van der Waals surface area contributed by atoms with Gasteiger partial charge in [-0.1, -0.05) is 12.1 Å². The molecule has 150 valence electrons. The second-order valence-electron chi connectivity index (χ2n) is 6.78. The maximum absolute atomic E-state index is 13.1. The summed E-state index contributed by atoms with van der Waals surface area (Å²) in [4.78, 5) is 12.1. The highest BCUT2D eigenvalue weighted by atomic mass is 19.4. The summed E-state index contributed by atoms with van der Waals surface area (Å²) in [6, 6.07) is 10.4. The number of benzene rings is 2. The lowest BCUT2D eigenvalue weighted by atomic mass is 10.1. The van der Waals surface area contributed by atoms with Gasteiger partial charge in [-0.25, -0.2) is 4.79 Å². The SMILES string of the molecule is CCOC(=O)c1ccc2c(c1)c1cn(C)nc1n2Cc1cccc(C(F)(F)F)c1. The van der Waals surface area contributed by atoms with Crippen molar-refractivity contribution in [3.63, 3.8) is 0 Å². The first kappa shape index (κ1) is 19.0. The molecule has 29 heavy (non-hydrogen) atoms. The second kappa shape index (κ2) is 6.95. The van der Waals surface area contributed by atoms with E-state index in [1.54, 1.807) is 42.9 Å². The maximum atomic E-state index is 13.1. The van der Waals surface area contributed by atoms with Crippen molar-refractivity contribution in [2.45, 2.75) is 19.6 Å². The Morgan fingerprint density at radius 1 is 1.14 bits per heavy atom. The zero-order chi connectivity index (χ0) is 20.8. The molecule has 0 radical (unpaired) electrons. The molecule has 2 aromatic heterocycles. The minimum absolute atomic E-state index is 0.222. The minimum atomic E-state index is -4.40. The van der Waals surface area contributed by atoms with Gasteiger partial charge in [0.15, 0.2) is 5.65 Å². The van der Waals surface area contributed by atoms with Crippen molar-refractivity contribution >= 4 is 27.9 Å². The van der Waals surface area contributed by atoms with Crippen LogP contribution in [-0.2, 0) is 24.5 Å². The van der Waals surface area contributed by atoms with Crippen LogP contribution in [0.15, 0.2) is 48.7 Å². The Hall–Kier alpha value is -3.29. The molecule has 0 fully saturated rings. The number of hydrogen-bond donors (Lipinski definition) is 0. The third kappa shape index (κ3) is 3.46. The maximum Gasteiger partial charge on any atom is 0.416 e. The fourth-order valence-electron chi connectivity index (χ4n) is 3.50. The smallest absolute Gasteiger partial charge is 0.416 e. The van der Waals surface area contributed by atoms with Gasteiger partial charge in [0.05, 0.1) is 23.3 Å². The topological polar surface area (TPSA) is 49.1 Å². The van der Waals surface area contributed by atoms with E-state index in [0.717, 1.165) is 28.4 Å². The molecule has 5 nitrogen and oxygen atoms in total. The normalized spacial score (nSPS) is 12.0. The van der Waals surface area contributed by atoms with E-state index in [2.05, 4.69) is 5.10 Å². The number of carbonyl (C=O) groups is 1. The zero-order valence-corrected chi connectivity index (χ0v) is 15.8. The van der Waals surface area contributed by atoms with Gasteiger partial charge >= 0.3 is 12.1 Å². The quantitative estimate of drug-likeness (QED) is 0.463. The first-order chi connectivity index (χ1) is 13.8. The number of hydrogen-bond acceptors (Lipinski definition) is 3. The number of halogens is 3. The van der Waals surface area contributed by atoms with Crippen molar-refractivity contribution in [3.05, 3.63) is 65.4 Å². The summed E-state index contributed by atoms with van der Waals surface area (Å²) in [6.45, 7) is 2.23. The predicted octanol–water partition coefficient (Wildman–Crippen LogP) is 4.77. The first-order valence-corrected chi connectivity index (χ1v) is 9.07. The molecule has 8 heteroatoms. The Morgan fingerprint density at radius 3 is 2.66 bits per heavy atom. The number of aryl methyl sites for hydroxylation is 1. The number of fused-ring (bicyclic) bond motifs is 3. The average Bonchev–Trinajstić information content (AvgIpc) is 3.18. The van der Waals surface area contributed by atoms with E-state index in [9.17, 15) is 18.0 Å². The summed E-state index contributed by atoms with van der Waals surface area (Å²) in [5.74, 6) is -0.419.